The Morgan fingerprint density at radius 1 is 0.784 bits per heavy atom. The Morgan fingerprint density at radius 2 is 1.05 bits per heavy atom. The summed E-state index contributed by atoms with van der Waals surface area (Å²) in [5.74, 6) is 0.449. The molecule has 2 aromatic carbocycles. The molecule has 9 heteroatoms. The first kappa shape index (κ1) is 36.2. The summed E-state index contributed by atoms with van der Waals surface area (Å²) in [6.07, 6.45) is 3.28. The molecule has 0 aromatic heterocycles. The molecule has 0 amide bonds. The average molecular weight is 621 g/mol. The van der Waals surface area contributed by atoms with Gasteiger partial charge in [-0.1, -0.05) is 62.0 Å². The van der Waals surface area contributed by atoms with Crippen LogP contribution in [0.25, 0.3) is 0 Å². The molecule has 0 unspecified atom stereocenters. The van der Waals surface area contributed by atoms with Crippen LogP contribution in [0.3, 0.4) is 0 Å². The predicted octanol–water partition coefficient (Wildman–Crippen LogP) is 5.56. The van der Waals surface area contributed by atoms with E-state index >= 15 is 0 Å². The Morgan fingerprint density at radius 3 is 1.30 bits per heavy atom. The SMILES string of the molecule is CS(C)=O.Cc1c(Cl)cc(C(C)C)c([O-])c1CN(C)CCN(C)Cc1c(C)c(Cl)cc(C(C)C)c1[O-].[Cu+2]. The van der Waals surface area contributed by atoms with E-state index in [2.05, 4.69) is 9.80 Å². The van der Waals surface area contributed by atoms with Crippen LogP contribution in [0.1, 0.15) is 72.9 Å². The van der Waals surface area contributed by atoms with Crippen molar-refractivity contribution in [2.24, 2.45) is 0 Å². The Hall–Kier alpha value is -0.791. The molecule has 0 N–H and O–H groups in total. The van der Waals surface area contributed by atoms with E-state index < -0.39 is 10.8 Å². The Bertz CT molecular complexity index is 983. The fourth-order valence-corrected chi connectivity index (χ4v) is 4.34. The van der Waals surface area contributed by atoms with E-state index in [1.807, 2.05) is 55.6 Å². The van der Waals surface area contributed by atoms with Crippen LogP contribution in [-0.2, 0) is 41.0 Å². The first-order valence-corrected chi connectivity index (χ1v) is 14.9. The van der Waals surface area contributed by atoms with Gasteiger partial charge in [0.2, 0.25) is 0 Å². The molecule has 0 aliphatic carbocycles. The molecule has 0 fully saturated rings. The smallest absolute Gasteiger partial charge is 0.872 e. The number of nitrogens with zero attached hydrogens (tertiary/aromatic N) is 2. The number of likely N-dealkylation sites (N-methyl/N-ethyl adjacent to an activating group) is 2. The molecule has 0 saturated carbocycles. The Balaban J connectivity index is 0.00000241. The van der Waals surface area contributed by atoms with Crippen LogP contribution in [0, 0.1) is 13.8 Å². The molecule has 0 aliphatic rings. The fraction of sp³-hybridized carbons (Fsp3) is 0.571. The second-order valence-electron chi connectivity index (χ2n) is 10.3. The minimum absolute atomic E-state index is 0. The van der Waals surface area contributed by atoms with Crippen LogP contribution < -0.4 is 10.2 Å². The van der Waals surface area contributed by atoms with Gasteiger partial charge in [0.05, 0.1) is 0 Å². The summed E-state index contributed by atoms with van der Waals surface area (Å²) < 4.78 is 9.56. The van der Waals surface area contributed by atoms with Crippen LogP contribution >= 0.6 is 23.2 Å². The van der Waals surface area contributed by atoms with Crippen molar-refractivity contribution in [3.05, 3.63) is 55.6 Å². The van der Waals surface area contributed by atoms with E-state index in [9.17, 15) is 14.4 Å². The molecule has 0 atom stereocenters. The minimum Gasteiger partial charge on any atom is -0.872 e. The third-order valence-electron chi connectivity index (χ3n) is 6.22. The number of hydrogen-bond donors (Lipinski definition) is 0. The van der Waals surface area contributed by atoms with Gasteiger partial charge in [0.1, 0.15) is 0 Å². The maximum atomic E-state index is 12.9. The van der Waals surface area contributed by atoms with E-state index in [-0.39, 0.29) is 40.4 Å². The van der Waals surface area contributed by atoms with E-state index in [0.717, 1.165) is 46.5 Å². The van der Waals surface area contributed by atoms with Gasteiger partial charge >= 0.3 is 17.1 Å². The van der Waals surface area contributed by atoms with Crippen LogP contribution in [-0.4, -0.2) is 53.7 Å². The van der Waals surface area contributed by atoms with E-state index in [1.54, 1.807) is 24.6 Å². The summed E-state index contributed by atoms with van der Waals surface area (Å²) >= 11 is 12.8. The molecule has 5 nitrogen and oxygen atoms in total. The topological polar surface area (TPSA) is 69.7 Å². The van der Waals surface area contributed by atoms with Crippen LogP contribution in [0.2, 0.25) is 10.0 Å². The summed E-state index contributed by atoms with van der Waals surface area (Å²) in [6.45, 7) is 14.5. The second-order valence-corrected chi connectivity index (χ2v) is 12.6. The second kappa shape index (κ2) is 16.3. The first-order valence-electron chi connectivity index (χ1n) is 12.2. The standard InChI is InChI=1S/C26H38Cl2N2O2.C2H6OS.Cu/c1-15(2)19-11-23(27)17(5)21(25(19)31)13-29(7)9-10-30(8)14-22-18(6)24(28)12-20(16(3)4)26(22)32;1-4(2)3;/h11-12,15-16,31-32H,9-10,13-14H2,1-8H3;1-2H3;/q;;+2/p-2. The minimum atomic E-state index is -0.611. The van der Waals surface area contributed by atoms with Crippen molar-refractivity contribution < 1.29 is 31.5 Å². The van der Waals surface area contributed by atoms with Gasteiger partial charge in [-0.15, -0.1) is 11.5 Å². The molecular weight excluding hydrogens is 579 g/mol. The zero-order valence-corrected chi connectivity index (χ0v) is 27.0. The van der Waals surface area contributed by atoms with Crippen molar-refractivity contribution in [1.82, 2.24) is 9.80 Å². The molecule has 0 spiro atoms. The van der Waals surface area contributed by atoms with Crippen molar-refractivity contribution in [3.8, 4) is 11.5 Å². The van der Waals surface area contributed by atoms with Crippen molar-refractivity contribution in [2.75, 3.05) is 39.7 Å². The quantitative estimate of drug-likeness (QED) is 0.344. The average Bonchev–Trinajstić information content (AvgIpc) is 2.76. The van der Waals surface area contributed by atoms with Crippen molar-refractivity contribution in [3.63, 3.8) is 0 Å². The Kier molecular flexibility index (Phi) is 16.0. The molecule has 37 heavy (non-hydrogen) atoms. The van der Waals surface area contributed by atoms with Crippen molar-refractivity contribution in [2.45, 2.75) is 66.5 Å². The van der Waals surface area contributed by atoms with Crippen LogP contribution in [0.15, 0.2) is 12.1 Å². The van der Waals surface area contributed by atoms with Gasteiger partial charge < -0.3 is 20.0 Å². The maximum Gasteiger partial charge on any atom is 2.00 e. The molecule has 0 bridgehead atoms. The van der Waals surface area contributed by atoms with Crippen molar-refractivity contribution in [1.29, 1.82) is 0 Å². The third kappa shape index (κ3) is 10.7. The summed E-state index contributed by atoms with van der Waals surface area (Å²) in [7, 11) is 3.40. The molecule has 0 aliphatic heterocycles. The molecule has 2 rings (SSSR count). The monoisotopic (exact) mass is 619 g/mol. The predicted molar refractivity (Wildman–Crippen MR) is 152 cm³/mol. The molecule has 1 radical (unpaired) electrons. The first-order chi connectivity index (χ1) is 16.6. The molecule has 0 saturated heterocycles. The summed E-state index contributed by atoms with van der Waals surface area (Å²) in [5.41, 5.74) is 4.77. The van der Waals surface area contributed by atoms with Crippen molar-refractivity contribution >= 4 is 34.0 Å². The number of rotatable bonds is 9. The van der Waals surface area contributed by atoms with E-state index in [0.29, 0.717) is 23.1 Å². The Labute approximate surface area is 247 Å². The maximum absolute atomic E-state index is 12.9. The van der Waals surface area contributed by atoms with Crippen LogP contribution in [0.5, 0.6) is 11.5 Å². The third-order valence-corrected chi connectivity index (χ3v) is 7.01. The number of halogens is 2. The number of benzene rings is 2. The van der Waals surface area contributed by atoms with E-state index in [1.165, 1.54) is 0 Å². The number of hydrogen-bond acceptors (Lipinski definition) is 5. The zero-order valence-electron chi connectivity index (χ0n) is 23.7. The van der Waals surface area contributed by atoms with E-state index in [4.69, 9.17) is 23.2 Å². The van der Waals surface area contributed by atoms with Crippen LogP contribution in [0.4, 0.5) is 0 Å². The molecular formula is C28H42Cl2CuN2O3S. The van der Waals surface area contributed by atoms with Gasteiger partial charge in [-0.2, -0.15) is 0 Å². The normalized spacial score (nSPS) is 11.4. The summed E-state index contributed by atoms with van der Waals surface area (Å²) in [6, 6.07) is 3.61. The van der Waals surface area contributed by atoms with Gasteiger partial charge in [0.25, 0.3) is 0 Å². The van der Waals surface area contributed by atoms with Gasteiger partial charge in [-0.25, -0.2) is 0 Å². The zero-order chi connectivity index (χ0) is 27.9. The fourth-order valence-electron chi connectivity index (χ4n) is 3.88. The molecule has 213 valence electrons. The van der Waals surface area contributed by atoms with Gasteiger partial charge in [0.15, 0.2) is 0 Å². The summed E-state index contributed by atoms with van der Waals surface area (Å²) in [5, 5.41) is 27.2. The largest absolute Gasteiger partial charge is 2.00 e. The van der Waals surface area contributed by atoms with Gasteiger partial charge in [0, 0.05) is 59.5 Å². The summed E-state index contributed by atoms with van der Waals surface area (Å²) in [4.78, 5) is 4.26. The van der Waals surface area contributed by atoms with Gasteiger partial charge in [-0.3, -0.25) is 4.21 Å². The molecule has 2 aromatic rings. The van der Waals surface area contributed by atoms with Gasteiger partial charge in [-0.05, 0) is 74.2 Å². The molecule has 0 heterocycles.